The van der Waals surface area contributed by atoms with E-state index in [0.717, 1.165) is 11.1 Å². The zero-order valence-electron chi connectivity index (χ0n) is 16.9. The minimum absolute atomic E-state index is 0.103. The van der Waals surface area contributed by atoms with Crippen molar-refractivity contribution in [2.24, 2.45) is 0 Å². The van der Waals surface area contributed by atoms with Gasteiger partial charge in [0.15, 0.2) is 0 Å². The van der Waals surface area contributed by atoms with Crippen LogP contribution in [0.3, 0.4) is 0 Å². The Morgan fingerprint density at radius 2 is 1.61 bits per heavy atom. The molecule has 0 aliphatic carbocycles. The fourth-order valence-electron chi connectivity index (χ4n) is 3.11. The van der Waals surface area contributed by atoms with Gasteiger partial charge in [-0.3, -0.25) is 0 Å². The Balaban J connectivity index is 1.69. The van der Waals surface area contributed by atoms with Crippen LogP contribution in [0, 0.1) is 6.92 Å². The lowest BCUT2D eigenvalue weighted by molar-refractivity contribution is 0.577. The molecule has 0 saturated carbocycles. The van der Waals surface area contributed by atoms with Crippen LogP contribution in [0.15, 0.2) is 93.2 Å². The molecule has 0 aliphatic heterocycles. The van der Waals surface area contributed by atoms with E-state index < -0.39 is 9.84 Å². The number of nitrogens with one attached hydrogen (secondary N) is 1. The molecule has 0 spiro atoms. The number of hydrogen-bond donors (Lipinski definition) is 1. The van der Waals surface area contributed by atoms with Crippen molar-refractivity contribution in [1.29, 1.82) is 0 Å². The fraction of sp³-hybridized carbons (Fsp3) is 0.125. The molecule has 1 heterocycles. The zero-order valence-corrected chi connectivity index (χ0v) is 18.5. The Morgan fingerprint density at radius 3 is 2.29 bits per heavy atom. The number of nitrogens with zero attached hydrogens (tertiary/aromatic N) is 1. The summed E-state index contributed by atoms with van der Waals surface area (Å²) >= 11 is 5.92. The second-order valence-electron chi connectivity index (χ2n) is 7.14. The highest BCUT2D eigenvalue weighted by molar-refractivity contribution is 7.91. The van der Waals surface area contributed by atoms with Crippen molar-refractivity contribution in [3.63, 3.8) is 0 Å². The van der Waals surface area contributed by atoms with Crippen LogP contribution in [0.1, 0.15) is 11.1 Å². The first kappa shape index (κ1) is 21.2. The standard InChI is InChI=1S/C24H21ClN2O3S/c1-17-7-9-19(10-8-17)22-27-24(31(28,29)21-13-11-20(25)12-14-21)23(30-22)26-16-15-18-5-3-2-4-6-18/h2-14,26H,15-16H2,1H3. The number of rotatable bonds is 7. The van der Waals surface area contributed by atoms with Crippen molar-refractivity contribution in [1.82, 2.24) is 4.98 Å². The van der Waals surface area contributed by atoms with Crippen LogP contribution in [-0.4, -0.2) is 19.9 Å². The average molecular weight is 453 g/mol. The van der Waals surface area contributed by atoms with E-state index in [2.05, 4.69) is 10.3 Å². The number of anilines is 1. The van der Waals surface area contributed by atoms with Crippen LogP contribution in [-0.2, 0) is 16.3 Å². The summed E-state index contributed by atoms with van der Waals surface area (Å²) in [6.07, 6.45) is 0.710. The molecule has 1 aromatic heterocycles. The summed E-state index contributed by atoms with van der Waals surface area (Å²) in [5.74, 6) is 0.371. The summed E-state index contributed by atoms with van der Waals surface area (Å²) in [4.78, 5) is 4.46. The number of benzene rings is 3. The summed E-state index contributed by atoms with van der Waals surface area (Å²) < 4.78 is 32.5. The van der Waals surface area contributed by atoms with Crippen molar-refractivity contribution in [3.05, 3.63) is 95.0 Å². The predicted octanol–water partition coefficient (Wildman–Crippen LogP) is 5.79. The lowest BCUT2D eigenvalue weighted by Crippen LogP contribution is -2.09. The Bertz CT molecular complexity index is 1270. The first-order valence-electron chi connectivity index (χ1n) is 9.80. The van der Waals surface area contributed by atoms with Gasteiger partial charge in [-0.25, -0.2) is 8.42 Å². The maximum atomic E-state index is 13.3. The molecule has 3 aromatic carbocycles. The van der Waals surface area contributed by atoms with Gasteiger partial charge >= 0.3 is 0 Å². The number of oxazole rings is 1. The lowest BCUT2D eigenvalue weighted by atomic mass is 10.1. The zero-order chi connectivity index (χ0) is 21.8. The molecular formula is C24H21ClN2O3S. The van der Waals surface area contributed by atoms with Gasteiger partial charge in [-0.1, -0.05) is 59.6 Å². The quantitative estimate of drug-likeness (QED) is 0.384. The van der Waals surface area contributed by atoms with Gasteiger partial charge in [0.1, 0.15) is 0 Å². The molecule has 4 rings (SSSR count). The van der Waals surface area contributed by atoms with Gasteiger partial charge < -0.3 is 9.73 Å². The maximum Gasteiger partial charge on any atom is 0.233 e. The van der Waals surface area contributed by atoms with Gasteiger partial charge in [0.25, 0.3) is 0 Å². The van der Waals surface area contributed by atoms with Crippen LogP contribution >= 0.6 is 11.6 Å². The molecule has 0 bridgehead atoms. The number of hydrogen-bond acceptors (Lipinski definition) is 5. The topological polar surface area (TPSA) is 72.2 Å². The van der Waals surface area contributed by atoms with Crippen molar-refractivity contribution < 1.29 is 12.8 Å². The van der Waals surface area contributed by atoms with E-state index in [1.165, 1.54) is 24.3 Å². The highest BCUT2D eigenvalue weighted by Crippen LogP contribution is 2.32. The third-order valence-corrected chi connectivity index (χ3v) is 6.75. The van der Waals surface area contributed by atoms with Gasteiger partial charge in [-0.15, -0.1) is 0 Å². The largest absolute Gasteiger partial charge is 0.419 e. The molecule has 7 heteroatoms. The number of aryl methyl sites for hydroxylation is 1. The van der Waals surface area contributed by atoms with E-state index >= 15 is 0 Å². The fourth-order valence-corrected chi connectivity index (χ4v) is 4.51. The highest BCUT2D eigenvalue weighted by atomic mass is 35.5. The van der Waals surface area contributed by atoms with E-state index in [0.29, 0.717) is 23.6 Å². The van der Waals surface area contributed by atoms with Crippen molar-refractivity contribution in [2.45, 2.75) is 23.3 Å². The van der Waals surface area contributed by atoms with E-state index in [1.807, 2.05) is 61.5 Å². The molecule has 0 saturated heterocycles. The van der Waals surface area contributed by atoms with E-state index in [9.17, 15) is 8.42 Å². The summed E-state index contributed by atoms with van der Waals surface area (Å²) in [6, 6.07) is 23.5. The molecule has 4 aromatic rings. The minimum atomic E-state index is -3.90. The molecule has 0 unspecified atom stereocenters. The SMILES string of the molecule is Cc1ccc(-c2nc(S(=O)(=O)c3ccc(Cl)cc3)c(NCCc3ccccc3)o2)cc1. The van der Waals surface area contributed by atoms with E-state index in [1.54, 1.807) is 0 Å². The molecule has 0 amide bonds. The van der Waals surface area contributed by atoms with E-state index in [4.69, 9.17) is 16.0 Å². The summed E-state index contributed by atoms with van der Waals surface area (Å²) in [5, 5.41) is 3.43. The first-order valence-corrected chi connectivity index (χ1v) is 11.7. The van der Waals surface area contributed by atoms with Crippen LogP contribution in [0.25, 0.3) is 11.5 Å². The Kier molecular flexibility index (Phi) is 6.11. The monoisotopic (exact) mass is 452 g/mol. The van der Waals surface area contributed by atoms with Crippen LogP contribution in [0.5, 0.6) is 0 Å². The minimum Gasteiger partial charge on any atom is -0.419 e. The smallest absolute Gasteiger partial charge is 0.233 e. The number of sulfone groups is 1. The third-order valence-electron chi connectivity index (χ3n) is 4.82. The summed E-state index contributed by atoms with van der Waals surface area (Å²) in [7, 11) is -3.90. The van der Waals surface area contributed by atoms with E-state index in [-0.39, 0.29) is 21.7 Å². The van der Waals surface area contributed by atoms with Gasteiger partial charge in [0.2, 0.25) is 26.6 Å². The van der Waals surface area contributed by atoms with Crippen molar-refractivity contribution >= 4 is 27.3 Å². The molecule has 0 fully saturated rings. The predicted molar refractivity (Wildman–Crippen MR) is 122 cm³/mol. The van der Waals surface area contributed by atoms with Gasteiger partial charge in [-0.2, -0.15) is 4.98 Å². The third kappa shape index (κ3) is 4.81. The second-order valence-corrected chi connectivity index (χ2v) is 9.44. The average Bonchev–Trinajstić information content (AvgIpc) is 3.20. The lowest BCUT2D eigenvalue weighted by Gasteiger charge is -2.06. The molecule has 31 heavy (non-hydrogen) atoms. The first-order chi connectivity index (χ1) is 14.9. The molecule has 5 nitrogen and oxygen atoms in total. The maximum absolute atomic E-state index is 13.3. The molecule has 1 N–H and O–H groups in total. The van der Waals surface area contributed by atoms with Crippen molar-refractivity contribution in [3.8, 4) is 11.5 Å². The molecule has 158 valence electrons. The molecule has 0 atom stereocenters. The Labute approximate surface area is 186 Å². The Morgan fingerprint density at radius 1 is 0.935 bits per heavy atom. The van der Waals surface area contributed by atoms with Gasteiger partial charge in [-0.05, 0) is 55.3 Å². The van der Waals surface area contributed by atoms with Gasteiger partial charge in [0, 0.05) is 17.1 Å². The normalized spacial score (nSPS) is 11.4. The Hall–Kier alpha value is -3.09. The summed E-state index contributed by atoms with van der Waals surface area (Å²) in [5.41, 5.74) is 2.93. The van der Waals surface area contributed by atoms with Crippen LogP contribution in [0.4, 0.5) is 5.88 Å². The van der Waals surface area contributed by atoms with Gasteiger partial charge in [0.05, 0.1) is 4.90 Å². The number of aromatic nitrogens is 1. The summed E-state index contributed by atoms with van der Waals surface area (Å²) in [6.45, 7) is 2.47. The van der Waals surface area contributed by atoms with Crippen molar-refractivity contribution in [2.75, 3.05) is 11.9 Å². The molecule has 0 radical (unpaired) electrons. The number of halogens is 1. The highest BCUT2D eigenvalue weighted by Gasteiger charge is 2.28. The second kappa shape index (κ2) is 8.96. The molecular weight excluding hydrogens is 432 g/mol. The van der Waals surface area contributed by atoms with Crippen LogP contribution < -0.4 is 5.32 Å². The molecule has 0 aliphatic rings. The van der Waals surface area contributed by atoms with Crippen LogP contribution in [0.2, 0.25) is 5.02 Å².